The molecular weight excluding hydrogens is 256 g/mol. The summed E-state index contributed by atoms with van der Waals surface area (Å²) in [6, 6.07) is 7.72. The molecule has 1 aromatic carbocycles. The van der Waals surface area contributed by atoms with Crippen molar-refractivity contribution in [3.8, 4) is 0 Å². The van der Waals surface area contributed by atoms with E-state index in [4.69, 9.17) is 5.11 Å². The van der Waals surface area contributed by atoms with Crippen molar-refractivity contribution in [2.45, 2.75) is 39.2 Å². The first-order chi connectivity index (χ1) is 9.51. The minimum atomic E-state index is -0.782. The summed E-state index contributed by atoms with van der Waals surface area (Å²) in [6.45, 7) is 4.48. The number of aliphatic carboxylic acids is 1. The van der Waals surface area contributed by atoms with E-state index < -0.39 is 5.97 Å². The van der Waals surface area contributed by atoms with Crippen molar-refractivity contribution in [1.82, 2.24) is 5.32 Å². The molecule has 1 unspecified atom stereocenters. The van der Waals surface area contributed by atoms with Gasteiger partial charge in [0.25, 0.3) is 0 Å². The lowest BCUT2D eigenvalue weighted by molar-refractivity contribution is -0.137. The summed E-state index contributed by atoms with van der Waals surface area (Å²) in [5, 5.41) is 14.6. The molecule has 0 spiro atoms. The van der Waals surface area contributed by atoms with Gasteiger partial charge in [-0.2, -0.15) is 0 Å². The number of amides is 1. The number of benzene rings is 1. The second-order valence-electron chi connectivity index (χ2n) is 4.81. The number of hydrogen-bond donors (Lipinski definition) is 3. The van der Waals surface area contributed by atoms with E-state index in [0.29, 0.717) is 19.4 Å². The maximum absolute atomic E-state index is 11.4. The van der Waals surface area contributed by atoms with Crippen LogP contribution in [-0.4, -0.2) is 29.6 Å². The topological polar surface area (TPSA) is 78.4 Å². The molecule has 5 heteroatoms. The molecule has 3 N–H and O–H groups in total. The molecule has 0 aliphatic carbocycles. The van der Waals surface area contributed by atoms with Gasteiger partial charge in [0.15, 0.2) is 0 Å². The third kappa shape index (κ3) is 6.22. The number of rotatable bonds is 8. The third-order valence-corrected chi connectivity index (χ3v) is 2.90. The fourth-order valence-corrected chi connectivity index (χ4v) is 1.86. The van der Waals surface area contributed by atoms with Crippen molar-refractivity contribution in [3.05, 3.63) is 29.8 Å². The van der Waals surface area contributed by atoms with Crippen LogP contribution in [0.5, 0.6) is 0 Å². The summed E-state index contributed by atoms with van der Waals surface area (Å²) < 4.78 is 0. The lowest BCUT2D eigenvalue weighted by Crippen LogP contribution is -2.24. The Balaban J connectivity index is 2.45. The molecule has 1 atom stereocenters. The minimum absolute atomic E-state index is 0.0167. The summed E-state index contributed by atoms with van der Waals surface area (Å²) >= 11 is 0. The highest BCUT2D eigenvalue weighted by Gasteiger charge is 2.06. The van der Waals surface area contributed by atoms with E-state index in [-0.39, 0.29) is 18.4 Å². The highest BCUT2D eigenvalue weighted by atomic mass is 16.4. The third-order valence-electron chi connectivity index (χ3n) is 2.90. The van der Waals surface area contributed by atoms with E-state index in [1.54, 1.807) is 0 Å². The van der Waals surface area contributed by atoms with E-state index in [1.165, 1.54) is 0 Å². The van der Waals surface area contributed by atoms with E-state index >= 15 is 0 Å². The molecule has 0 radical (unpaired) electrons. The van der Waals surface area contributed by atoms with Gasteiger partial charge in [0.1, 0.15) is 0 Å². The normalized spacial score (nSPS) is 11.7. The smallest absolute Gasteiger partial charge is 0.303 e. The second kappa shape index (κ2) is 8.19. The molecular formula is C15H22N2O3. The lowest BCUT2D eigenvalue weighted by Gasteiger charge is -2.14. The predicted octanol–water partition coefficient (Wildman–Crippen LogP) is 2.03. The summed E-state index contributed by atoms with van der Waals surface area (Å²) in [4.78, 5) is 21.9. The zero-order valence-electron chi connectivity index (χ0n) is 12.0. The molecule has 1 rings (SSSR count). The number of nitrogens with one attached hydrogen (secondary N) is 2. The van der Waals surface area contributed by atoms with Gasteiger partial charge in [0.2, 0.25) is 5.91 Å². The number of likely N-dealkylation sites (N-methyl/N-ethyl adjacent to an activating group) is 1. The zero-order valence-corrected chi connectivity index (χ0v) is 12.0. The number of carbonyl (C=O) groups is 2. The van der Waals surface area contributed by atoms with Crippen molar-refractivity contribution in [1.29, 1.82) is 0 Å². The monoisotopic (exact) mass is 278 g/mol. The SMILES string of the molecule is CCNC(=O)Cc1ccc(NC(C)CCC(=O)O)cc1. The Morgan fingerprint density at radius 2 is 1.90 bits per heavy atom. The number of carbonyl (C=O) groups excluding carboxylic acids is 1. The molecule has 0 aliphatic rings. The number of carboxylic acids is 1. The summed E-state index contributed by atoms with van der Waals surface area (Å²) in [5.74, 6) is -0.765. The van der Waals surface area contributed by atoms with E-state index in [9.17, 15) is 9.59 Å². The Morgan fingerprint density at radius 1 is 1.25 bits per heavy atom. The van der Waals surface area contributed by atoms with Crippen LogP contribution in [0.3, 0.4) is 0 Å². The van der Waals surface area contributed by atoms with Gasteiger partial charge in [-0.25, -0.2) is 0 Å². The van der Waals surface area contributed by atoms with E-state index in [2.05, 4.69) is 10.6 Å². The first-order valence-electron chi connectivity index (χ1n) is 6.85. The van der Waals surface area contributed by atoms with Gasteiger partial charge in [0, 0.05) is 24.7 Å². The first-order valence-corrected chi connectivity index (χ1v) is 6.85. The van der Waals surface area contributed by atoms with Crippen LogP contribution in [0.4, 0.5) is 5.69 Å². The second-order valence-corrected chi connectivity index (χ2v) is 4.81. The van der Waals surface area contributed by atoms with Crippen molar-refractivity contribution < 1.29 is 14.7 Å². The van der Waals surface area contributed by atoms with Crippen LogP contribution < -0.4 is 10.6 Å². The molecule has 1 amide bonds. The lowest BCUT2D eigenvalue weighted by atomic mass is 10.1. The molecule has 0 saturated carbocycles. The van der Waals surface area contributed by atoms with E-state index in [0.717, 1.165) is 11.3 Å². The summed E-state index contributed by atoms with van der Waals surface area (Å²) in [7, 11) is 0. The van der Waals surface area contributed by atoms with Gasteiger partial charge in [-0.1, -0.05) is 12.1 Å². The maximum atomic E-state index is 11.4. The van der Waals surface area contributed by atoms with Gasteiger partial charge in [-0.15, -0.1) is 0 Å². The highest BCUT2D eigenvalue weighted by Crippen LogP contribution is 2.13. The molecule has 110 valence electrons. The largest absolute Gasteiger partial charge is 0.481 e. The van der Waals surface area contributed by atoms with Crippen LogP contribution >= 0.6 is 0 Å². The van der Waals surface area contributed by atoms with Crippen LogP contribution in [0, 0.1) is 0 Å². The summed E-state index contributed by atoms with van der Waals surface area (Å²) in [5.41, 5.74) is 1.89. The Morgan fingerprint density at radius 3 is 2.45 bits per heavy atom. The molecule has 1 aromatic rings. The number of carboxylic acid groups (broad SMARTS) is 1. The van der Waals surface area contributed by atoms with Crippen molar-refractivity contribution in [2.24, 2.45) is 0 Å². The molecule has 0 heterocycles. The van der Waals surface area contributed by atoms with Crippen LogP contribution in [-0.2, 0) is 16.0 Å². The van der Waals surface area contributed by atoms with Crippen LogP contribution in [0.15, 0.2) is 24.3 Å². The van der Waals surface area contributed by atoms with Crippen molar-refractivity contribution >= 4 is 17.6 Å². The fourth-order valence-electron chi connectivity index (χ4n) is 1.86. The van der Waals surface area contributed by atoms with Crippen LogP contribution in [0.1, 0.15) is 32.3 Å². The molecule has 5 nitrogen and oxygen atoms in total. The molecule has 0 saturated heterocycles. The van der Waals surface area contributed by atoms with Crippen molar-refractivity contribution in [2.75, 3.05) is 11.9 Å². The quantitative estimate of drug-likeness (QED) is 0.680. The van der Waals surface area contributed by atoms with E-state index in [1.807, 2.05) is 38.1 Å². The predicted molar refractivity (Wildman–Crippen MR) is 78.8 cm³/mol. The van der Waals surface area contributed by atoms with Gasteiger partial charge in [0.05, 0.1) is 6.42 Å². The molecule has 0 bridgehead atoms. The minimum Gasteiger partial charge on any atom is -0.481 e. The van der Waals surface area contributed by atoms with Gasteiger partial charge in [-0.3, -0.25) is 9.59 Å². The molecule has 0 fully saturated rings. The molecule has 0 aromatic heterocycles. The molecule has 0 aliphatic heterocycles. The standard InChI is InChI=1S/C15H22N2O3/c1-3-16-14(18)10-12-5-7-13(8-6-12)17-11(2)4-9-15(19)20/h5-8,11,17H,3-4,9-10H2,1-2H3,(H,16,18)(H,19,20). The zero-order chi connectivity index (χ0) is 15.0. The maximum Gasteiger partial charge on any atom is 0.303 e. The summed E-state index contributed by atoms with van der Waals surface area (Å²) in [6.07, 6.45) is 1.11. The Hall–Kier alpha value is -2.04. The number of anilines is 1. The van der Waals surface area contributed by atoms with Crippen LogP contribution in [0.25, 0.3) is 0 Å². The Bertz CT molecular complexity index is 443. The molecule has 20 heavy (non-hydrogen) atoms. The average molecular weight is 278 g/mol. The Labute approximate surface area is 119 Å². The average Bonchev–Trinajstić information content (AvgIpc) is 2.39. The fraction of sp³-hybridized carbons (Fsp3) is 0.467. The number of hydrogen-bond acceptors (Lipinski definition) is 3. The Kier molecular flexibility index (Phi) is 6.56. The van der Waals surface area contributed by atoms with Gasteiger partial charge >= 0.3 is 5.97 Å². The van der Waals surface area contributed by atoms with Crippen molar-refractivity contribution in [3.63, 3.8) is 0 Å². The van der Waals surface area contributed by atoms with Crippen LogP contribution in [0.2, 0.25) is 0 Å². The highest BCUT2D eigenvalue weighted by molar-refractivity contribution is 5.78. The first kappa shape index (κ1) is 16.0. The van der Waals surface area contributed by atoms with Gasteiger partial charge < -0.3 is 15.7 Å². The van der Waals surface area contributed by atoms with Gasteiger partial charge in [-0.05, 0) is 38.0 Å².